The summed E-state index contributed by atoms with van der Waals surface area (Å²) in [6.45, 7) is 4.59. The van der Waals surface area contributed by atoms with E-state index in [0.29, 0.717) is 31.6 Å². The SMILES string of the molecule is CCOC(=O)CCc1cccc2c1OCC[C@]2(C)c1cnc(-c2cc(Oc3c(F)cc4[nH]ccc4c3F)ccc2F)[nH]1. The van der Waals surface area contributed by atoms with Gasteiger partial charge in [0.15, 0.2) is 17.4 Å². The number of rotatable bonds is 8. The molecule has 216 valence electrons. The van der Waals surface area contributed by atoms with Crippen molar-refractivity contribution < 1.29 is 32.2 Å². The van der Waals surface area contributed by atoms with Crippen LogP contribution in [0.25, 0.3) is 22.3 Å². The number of imidazole rings is 1. The quantitative estimate of drug-likeness (QED) is 0.189. The highest BCUT2D eigenvalue weighted by molar-refractivity contribution is 5.82. The van der Waals surface area contributed by atoms with Crippen molar-refractivity contribution in [3.05, 3.63) is 95.2 Å². The molecule has 5 aromatic rings. The van der Waals surface area contributed by atoms with Gasteiger partial charge in [0.25, 0.3) is 0 Å². The van der Waals surface area contributed by atoms with E-state index in [0.717, 1.165) is 28.6 Å². The number of nitrogens with one attached hydrogen (secondary N) is 2. The van der Waals surface area contributed by atoms with Gasteiger partial charge in [0.2, 0.25) is 0 Å². The van der Waals surface area contributed by atoms with Crippen molar-refractivity contribution in [2.45, 2.75) is 38.5 Å². The molecule has 0 bridgehead atoms. The highest BCUT2D eigenvalue weighted by Crippen LogP contribution is 2.45. The number of fused-ring (bicyclic) bond motifs is 2. The van der Waals surface area contributed by atoms with Gasteiger partial charge in [-0.3, -0.25) is 4.79 Å². The summed E-state index contributed by atoms with van der Waals surface area (Å²) in [6.07, 6.45) is 4.51. The Labute approximate surface area is 239 Å². The predicted molar refractivity (Wildman–Crippen MR) is 150 cm³/mol. The molecule has 0 saturated heterocycles. The van der Waals surface area contributed by atoms with Crippen LogP contribution >= 0.6 is 0 Å². The molecule has 0 spiro atoms. The van der Waals surface area contributed by atoms with Crippen LogP contribution < -0.4 is 9.47 Å². The van der Waals surface area contributed by atoms with Crippen molar-refractivity contribution in [1.29, 1.82) is 0 Å². The van der Waals surface area contributed by atoms with Crippen LogP contribution in [0.3, 0.4) is 0 Å². The summed E-state index contributed by atoms with van der Waals surface area (Å²) in [4.78, 5) is 22.4. The second kappa shape index (κ2) is 10.9. The van der Waals surface area contributed by atoms with E-state index in [2.05, 4.69) is 21.9 Å². The van der Waals surface area contributed by atoms with Gasteiger partial charge in [-0.25, -0.2) is 18.2 Å². The number of esters is 1. The van der Waals surface area contributed by atoms with Crippen LogP contribution in [-0.4, -0.2) is 34.1 Å². The molecule has 2 N–H and O–H groups in total. The number of carbonyl (C=O) groups excluding carboxylic acids is 1. The average Bonchev–Trinajstić information content (AvgIpc) is 3.66. The second-order valence-corrected chi connectivity index (χ2v) is 10.4. The zero-order valence-corrected chi connectivity index (χ0v) is 23.0. The minimum absolute atomic E-state index is 0.0471. The van der Waals surface area contributed by atoms with Crippen LogP contribution in [0, 0.1) is 17.5 Å². The van der Waals surface area contributed by atoms with Crippen molar-refractivity contribution in [3.63, 3.8) is 0 Å². The molecule has 2 aromatic heterocycles. The Kier molecular flexibility index (Phi) is 7.14. The number of para-hydroxylation sites is 1. The molecule has 0 unspecified atom stereocenters. The number of aryl methyl sites for hydroxylation is 1. The van der Waals surface area contributed by atoms with Gasteiger partial charge in [-0.2, -0.15) is 0 Å². The Bertz CT molecular complexity index is 1800. The third-order valence-corrected chi connectivity index (χ3v) is 7.73. The van der Waals surface area contributed by atoms with E-state index in [4.69, 9.17) is 14.2 Å². The predicted octanol–water partition coefficient (Wildman–Crippen LogP) is 7.35. The normalized spacial score (nSPS) is 16.2. The van der Waals surface area contributed by atoms with Crippen molar-refractivity contribution in [3.8, 4) is 28.6 Å². The van der Waals surface area contributed by atoms with E-state index in [9.17, 15) is 13.6 Å². The number of ether oxygens (including phenoxy) is 3. The molecule has 0 saturated carbocycles. The van der Waals surface area contributed by atoms with Crippen LogP contribution in [0.2, 0.25) is 0 Å². The summed E-state index contributed by atoms with van der Waals surface area (Å²) in [6, 6.07) is 12.3. The third kappa shape index (κ3) is 4.87. The highest BCUT2D eigenvalue weighted by Gasteiger charge is 2.38. The molecule has 0 aliphatic carbocycles. The maximum Gasteiger partial charge on any atom is 0.306 e. The summed E-state index contributed by atoms with van der Waals surface area (Å²) >= 11 is 0. The van der Waals surface area contributed by atoms with Gasteiger partial charge in [0.1, 0.15) is 23.1 Å². The van der Waals surface area contributed by atoms with Gasteiger partial charge >= 0.3 is 5.97 Å². The molecule has 0 amide bonds. The van der Waals surface area contributed by atoms with E-state index >= 15 is 4.39 Å². The van der Waals surface area contributed by atoms with Crippen LogP contribution in [-0.2, 0) is 21.4 Å². The van der Waals surface area contributed by atoms with Gasteiger partial charge in [-0.15, -0.1) is 0 Å². The maximum atomic E-state index is 15.0. The van der Waals surface area contributed by atoms with Gasteiger partial charge in [0.05, 0.1) is 24.3 Å². The summed E-state index contributed by atoms with van der Waals surface area (Å²) in [5, 5.41) is 0.179. The number of nitrogens with zero attached hydrogens (tertiary/aromatic N) is 1. The molecule has 1 aliphatic rings. The highest BCUT2D eigenvalue weighted by atomic mass is 19.1. The van der Waals surface area contributed by atoms with Crippen LogP contribution in [0.5, 0.6) is 17.2 Å². The first-order valence-corrected chi connectivity index (χ1v) is 13.7. The fraction of sp³-hybridized carbons (Fsp3) is 0.250. The lowest BCUT2D eigenvalue weighted by atomic mass is 9.74. The fourth-order valence-corrected chi connectivity index (χ4v) is 5.44. The standard InChI is InChI=1S/C32H28F3N3O4/c1-3-40-27(39)10-7-18-5-4-6-22-29(18)41-14-12-32(22,2)26-17-37-31(38-26)21-15-19(8-9-23(21)33)42-30-24(34)16-25-20(28(30)35)11-13-36-25/h4-6,8-9,11,13,15-17,36H,3,7,10,12,14H2,1-2H3,(H,37,38)/t32-/m0/s1. The van der Waals surface area contributed by atoms with E-state index in [1.165, 1.54) is 30.5 Å². The second-order valence-electron chi connectivity index (χ2n) is 10.4. The smallest absolute Gasteiger partial charge is 0.306 e. The number of hydrogen-bond acceptors (Lipinski definition) is 5. The van der Waals surface area contributed by atoms with Gasteiger partial charge < -0.3 is 24.2 Å². The van der Waals surface area contributed by atoms with E-state index in [1.807, 2.05) is 18.2 Å². The van der Waals surface area contributed by atoms with Crippen molar-refractivity contribution in [2.75, 3.05) is 13.2 Å². The minimum atomic E-state index is -0.888. The van der Waals surface area contributed by atoms with Crippen molar-refractivity contribution in [1.82, 2.24) is 15.0 Å². The molecule has 1 atom stereocenters. The summed E-state index contributed by atoms with van der Waals surface area (Å²) < 4.78 is 61.4. The molecule has 10 heteroatoms. The first kappa shape index (κ1) is 27.4. The van der Waals surface area contributed by atoms with Gasteiger partial charge in [-0.05, 0) is 56.5 Å². The number of carbonyl (C=O) groups is 1. The largest absolute Gasteiger partial charge is 0.493 e. The Morgan fingerprint density at radius 1 is 1.12 bits per heavy atom. The van der Waals surface area contributed by atoms with E-state index < -0.39 is 28.6 Å². The van der Waals surface area contributed by atoms with Crippen molar-refractivity contribution in [2.24, 2.45) is 0 Å². The lowest BCUT2D eigenvalue weighted by Crippen LogP contribution is -2.32. The fourth-order valence-electron chi connectivity index (χ4n) is 5.44. The Morgan fingerprint density at radius 2 is 1.98 bits per heavy atom. The lowest BCUT2D eigenvalue weighted by Gasteiger charge is -2.36. The lowest BCUT2D eigenvalue weighted by molar-refractivity contribution is -0.143. The Balaban J connectivity index is 1.30. The molecule has 7 nitrogen and oxygen atoms in total. The molecule has 42 heavy (non-hydrogen) atoms. The molecule has 6 rings (SSSR count). The topological polar surface area (TPSA) is 89.2 Å². The molecular weight excluding hydrogens is 547 g/mol. The number of aromatic nitrogens is 3. The number of benzene rings is 3. The number of hydrogen-bond donors (Lipinski definition) is 2. The average molecular weight is 576 g/mol. The van der Waals surface area contributed by atoms with Crippen LogP contribution in [0.15, 0.2) is 60.9 Å². The molecule has 0 fully saturated rings. The van der Waals surface area contributed by atoms with Gasteiger partial charge in [-0.1, -0.05) is 18.2 Å². The molecule has 1 aliphatic heterocycles. The minimum Gasteiger partial charge on any atom is -0.493 e. The molecular formula is C32H28F3N3O4. The molecule has 3 heterocycles. The Morgan fingerprint density at radius 3 is 2.81 bits per heavy atom. The van der Waals surface area contributed by atoms with E-state index in [-0.39, 0.29) is 34.9 Å². The number of H-pyrrole nitrogens is 2. The monoisotopic (exact) mass is 575 g/mol. The van der Waals surface area contributed by atoms with E-state index in [1.54, 1.807) is 13.1 Å². The van der Waals surface area contributed by atoms with Crippen molar-refractivity contribution >= 4 is 16.9 Å². The Hall–Kier alpha value is -4.73. The summed E-state index contributed by atoms with van der Waals surface area (Å²) in [7, 11) is 0. The summed E-state index contributed by atoms with van der Waals surface area (Å²) in [5.41, 5.74) is 2.41. The molecule has 0 radical (unpaired) electrons. The molecule has 3 aromatic carbocycles. The zero-order valence-electron chi connectivity index (χ0n) is 23.0. The van der Waals surface area contributed by atoms with Crippen LogP contribution in [0.1, 0.15) is 43.5 Å². The maximum absolute atomic E-state index is 15.0. The van der Waals surface area contributed by atoms with Crippen LogP contribution in [0.4, 0.5) is 13.2 Å². The summed E-state index contributed by atoms with van der Waals surface area (Å²) in [5.74, 6) is -2.17. The first-order valence-electron chi connectivity index (χ1n) is 13.7. The number of aromatic amines is 2. The zero-order chi connectivity index (χ0) is 29.4. The first-order chi connectivity index (χ1) is 20.3. The van der Waals surface area contributed by atoms with Gasteiger partial charge in [0, 0.05) is 46.9 Å². The number of halogens is 3. The third-order valence-electron chi connectivity index (χ3n) is 7.73.